The van der Waals surface area contributed by atoms with Gasteiger partial charge < -0.3 is 0 Å². The second kappa shape index (κ2) is 3.46. The second-order valence-corrected chi connectivity index (χ2v) is 3.06. The van der Waals surface area contributed by atoms with Gasteiger partial charge in [-0.15, -0.1) is 0 Å². The summed E-state index contributed by atoms with van der Waals surface area (Å²) in [6.07, 6.45) is 6.20. The first kappa shape index (κ1) is 7.41. The Morgan fingerprint density at radius 2 is 2.30 bits per heavy atom. The second-order valence-electron chi connectivity index (χ2n) is 3.06. The highest BCUT2D eigenvalue weighted by atomic mass is 14.2. The molecule has 0 amide bonds. The van der Waals surface area contributed by atoms with Gasteiger partial charge in [-0.05, 0) is 30.9 Å². The molecule has 0 spiro atoms. The maximum absolute atomic E-state index is 3.48. The highest BCUT2D eigenvalue weighted by Crippen LogP contribution is 2.31. The average Bonchev–Trinajstić information content (AvgIpc) is 2.31. The zero-order valence-corrected chi connectivity index (χ0v) is 6.56. The number of hydrogen-bond acceptors (Lipinski definition) is 0. The molecular weight excluding hydrogens is 120 g/mol. The zero-order chi connectivity index (χ0) is 7.40. The van der Waals surface area contributed by atoms with Gasteiger partial charge in [-0.1, -0.05) is 31.2 Å². The van der Waals surface area contributed by atoms with Gasteiger partial charge in [-0.25, -0.2) is 0 Å². The van der Waals surface area contributed by atoms with E-state index in [1.807, 2.05) is 0 Å². The van der Waals surface area contributed by atoms with Crippen LogP contribution >= 0.6 is 0 Å². The van der Waals surface area contributed by atoms with E-state index < -0.39 is 0 Å². The van der Waals surface area contributed by atoms with Crippen molar-refractivity contribution in [3.63, 3.8) is 0 Å². The summed E-state index contributed by atoms with van der Waals surface area (Å²) < 4.78 is 0. The van der Waals surface area contributed by atoms with Crippen molar-refractivity contribution in [2.45, 2.75) is 26.2 Å². The van der Waals surface area contributed by atoms with E-state index in [0.29, 0.717) is 0 Å². The standard InChI is InChI=1S/C10H14/c1-3-4-7-10-8-5-6-9(10)2/h7,9-10H,1,5-6,8H2,2H3. The van der Waals surface area contributed by atoms with Crippen molar-refractivity contribution in [3.8, 4) is 0 Å². The van der Waals surface area contributed by atoms with Crippen molar-refractivity contribution < 1.29 is 0 Å². The Bertz CT molecular complexity index is 178. The van der Waals surface area contributed by atoms with Gasteiger partial charge in [0.2, 0.25) is 0 Å². The summed E-state index contributed by atoms with van der Waals surface area (Å²) in [5.41, 5.74) is 5.59. The molecule has 0 nitrogen and oxygen atoms in total. The van der Waals surface area contributed by atoms with Crippen molar-refractivity contribution in [2.75, 3.05) is 0 Å². The lowest BCUT2D eigenvalue weighted by atomic mass is 9.98. The van der Waals surface area contributed by atoms with E-state index in [1.165, 1.54) is 19.3 Å². The van der Waals surface area contributed by atoms with Crippen LogP contribution in [0.5, 0.6) is 0 Å². The number of rotatable bonds is 1. The molecule has 54 valence electrons. The van der Waals surface area contributed by atoms with Crippen LogP contribution in [0.4, 0.5) is 0 Å². The van der Waals surface area contributed by atoms with Gasteiger partial charge in [-0.2, -0.15) is 0 Å². The molecular formula is C10H14. The molecule has 1 fully saturated rings. The fraction of sp³-hybridized carbons (Fsp3) is 0.600. The first-order valence-electron chi connectivity index (χ1n) is 3.95. The summed E-state index contributed by atoms with van der Waals surface area (Å²) in [6.45, 7) is 5.78. The summed E-state index contributed by atoms with van der Waals surface area (Å²) >= 11 is 0. The molecule has 0 aromatic heterocycles. The molecule has 0 heterocycles. The van der Waals surface area contributed by atoms with Crippen LogP contribution in [-0.4, -0.2) is 0 Å². The van der Waals surface area contributed by atoms with E-state index in [-0.39, 0.29) is 0 Å². The molecule has 10 heavy (non-hydrogen) atoms. The van der Waals surface area contributed by atoms with Gasteiger partial charge in [0, 0.05) is 0 Å². The monoisotopic (exact) mass is 134 g/mol. The maximum atomic E-state index is 3.48. The Hall–Kier alpha value is -0.700. The normalized spacial score (nSPS) is 30.9. The van der Waals surface area contributed by atoms with Crippen LogP contribution in [0.3, 0.4) is 0 Å². The van der Waals surface area contributed by atoms with Crippen molar-refractivity contribution in [2.24, 2.45) is 11.8 Å². The molecule has 1 aliphatic rings. The lowest BCUT2D eigenvalue weighted by Gasteiger charge is -2.06. The van der Waals surface area contributed by atoms with Crippen LogP contribution in [-0.2, 0) is 0 Å². The molecule has 0 saturated heterocycles. The number of allylic oxidation sites excluding steroid dienone is 1. The minimum Gasteiger partial charge on any atom is -0.0785 e. The Morgan fingerprint density at radius 3 is 2.80 bits per heavy atom. The predicted octanol–water partition coefficient (Wildman–Crippen LogP) is 2.92. The zero-order valence-electron chi connectivity index (χ0n) is 6.56. The van der Waals surface area contributed by atoms with E-state index in [9.17, 15) is 0 Å². The van der Waals surface area contributed by atoms with E-state index in [1.54, 1.807) is 0 Å². The van der Waals surface area contributed by atoms with Crippen LogP contribution in [0, 0.1) is 11.8 Å². The van der Waals surface area contributed by atoms with Crippen LogP contribution in [0.15, 0.2) is 24.1 Å². The molecule has 1 aliphatic carbocycles. The van der Waals surface area contributed by atoms with Gasteiger partial charge in [0.1, 0.15) is 0 Å². The van der Waals surface area contributed by atoms with E-state index in [0.717, 1.165) is 11.8 Å². The van der Waals surface area contributed by atoms with Crippen molar-refractivity contribution >= 4 is 0 Å². The lowest BCUT2D eigenvalue weighted by Crippen LogP contribution is -1.98. The Balaban J connectivity index is 2.56. The third-order valence-corrected chi connectivity index (χ3v) is 2.33. The van der Waals surface area contributed by atoms with Gasteiger partial charge in [-0.3, -0.25) is 0 Å². The fourth-order valence-corrected chi connectivity index (χ4v) is 1.59. The van der Waals surface area contributed by atoms with E-state index >= 15 is 0 Å². The van der Waals surface area contributed by atoms with Crippen LogP contribution < -0.4 is 0 Å². The molecule has 0 radical (unpaired) electrons. The summed E-state index contributed by atoms with van der Waals surface area (Å²) in [5, 5.41) is 0. The lowest BCUT2D eigenvalue weighted by molar-refractivity contribution is 0.504. The maximum Gasteiger partial charge on any atom is -0.0125 e. The predicted molar refractivity (Wildman–Crippen MR) is 43.7 cm³/mol. The Kier molecular flexibility index (Phi) is 2.57. The van der Waals surface area contributed by atoms with Gasteiger partial charge in [0.05, 0.1) is 0 Å². The van der Waals surface area contributed by atoms with Gasteiger partial charge in [0.15, 0.2) is 0 Å². The molecule has 1 saturated carbocycles. The first-order chi connectivity index (χ1) is 4.84. The summed E-state index contributed by atoms with van der Waals surface area (Å²) in [6, 6.07) is 0. The summed E-state index contributed by atoms with van der Waals surface area (Å²) in [5.74, 6) is 1.59. The molecule has 1 rings (SSSR count). The Labute approximate surface area is 62.9 Å². The SMILES string of the molecule is C=C=C=CC1CCCC1C. The fourth-order valence-electron chi connectivity index (χ4n) is 1.59. The third kappa shape index (κ3) is 1.64. The van der Waals surface area contributed by atoms with Gasteiger partial charge >= 0.3 is 0 Å². The van der Waals surface area contributed by atoms with E-state index in [4.69, 9.17) is 0 Å². The van der Waals surface area contributed by atoms with Crippen molar-refractivity contribution in [1.82, 2.24) is 0 Å². The molecule has 0 bridgehead atoms. The molecule has 0 aliphatic heterocycles. The smallest absolute Gasteiger partial charge is 0.0125 e. The van der Waals surface area contributed by atoms with Gasteiger partial charge in [0.25, 0.3) is 0 Å². The molecule has 0 aromatic carbocycles. The quantitative estimate of drug-likeness (QED) is 0.484. The minimum absolute atomic E-state index is 0.745. The molecule has 2 unspecified atom stereocenters. The van der Waals surface area contributed by atoms with Crippen LogP contribution in [0.25, 0.3) is 0 Å². The minimum atomic E-state index is 0.745. The van der Waals surface area contributed by atoms with Crippen molar-refractivity contribution in [1.29, 1.82) is 0 Å². The van der Waals surface area contributed by atoms with Crippen molar-refractivity contribution in [3.05, 3.63) is 24.1 Å². The molecule has 0 N–H and O–H groups in total. The summed E-state index contributed by atoms with van der Waals surface area (Å²) in [4.78, 5) is 0. The van der Waals surface area contributed by atoms with Crippen LogP contribution in [0.1, 0.15) is 26.2 Å². The molecule has 0 aromatic rings. The average molecular weight is 134 g/mol. The van der Waals surface area contributed by atoms with Crippen LogP contribution in [0.2, 0.25) is 0 Å². The highest BCUT2D eigenvalue weighted by molar-refractivity contribution is 4.92. The topological polar surface area (TPSA) is 0 Å². The highest BCUT2D eigenvalue weighted by Gasteiger charge is 2.20. The number of hydrogen-bond donors (Lipinski definition) is 0. The van der Waals surface area contributed by atoms with E-state index in [2.05, 4.69) is 31.0 Å². The molecule has 2 atom stereocenters. The largest absolute Gasteiger partial charge is 0.0785 e. The summed E-state index contributed by atoms with van der Waals surface area (Å²) in [7, 11) is 0. The first-order valence-corrected chi connectivity index (χ1v) is 3.95. The Morgan fingerprint density at radius 1 is 1.50 bits per heavy atom. The third-order valence-electron chi connectivity index (χ3n) is 2.33. The molecule has 0 heteroatoms.